The third-order valence-electron chi connectivity index (χ3n) is 8.27. The summed E-state index contributed by atoms with van der Waals surface area (Å²) >= 11 is 0. The normalized spacial score (nSPS) is 31.6. The Morgan fingerprint density at radius 3 is 2.00 bits per heavy atom. The predicted molar refractivity (Wildman–Crippen MR) is 113 cm³/mol. The predicted octanol–water partition coefficient (Wildman–Crippen LogP) is 6.31. The first kappa shape index (κ1) is 28.4. The lowest BCUT2D eigenvalue weighted by Gasteiger charge is -2.50. The maximum Gasteiger partial charge on any atom is 0.429 e. The maximum absolute atomic E-state index is 13.1. The number of hydrogen-bond donors (Lipinski definition) is 3. The van der Waals surface area contributed by atoms with Crippen LogP contribution >= 0.6 is 0 Å². The molecule has 194 valence electrons. The molecule has 5 atom stereocenters. The molecule has 3 nitrogen and oxygen atoms in total. The SMILES string of the molecule is CC(C)(O)CCC[C@@](C)(C/C=C/C(O)(C(F)(F)F)C(F)(F)F)[C@H]1CCC2[C@@H](O)CCC[C@@]21C. The smallest absolute Gasteiger partial charge is 0.393 e. The van der Waals surface area contributed by atoms with E-state index < -0.39 is 35.1 Å². The lowest BCUT2D eigenvalue weighted by molar-refractivity contribution is -0.347. The summed E-state index contributed by atoms with van der Waals surface area (Å²) in [5, 5.41) is 30.1. The summed E-state index contributed by atoms with van der Waals surface area (Å²) < 4.78 is 78.6. The highest BCUT2D eigenvalue weighted by Gasteiger charge is 2.69. The monoisotopic (exact) mass is 488 g/mol. The van der Waals surface area contributed by atoms with Gasteiger partial charge in [-0.2, -0.15) is 26.3 Å². The number of alkyl halides is 6. The zero-order valence-corrected chi connectivity index (χ0v) is 19.9. The molecule has 2 aliphatic rings. The first-order valence-corrected chi connectivity index (χ1v) is 11.7. The summed E-state index contributed by atoms with van der Waals surface area (Å²) in [4.78, 5) is 0. The number of fused-ring (bicyclic) bond motifs is 1. The second-order valence-corrected chi connectivity index (χ2v) is 11.4. The van der Waals surface area contributed by atoms with Crippen LogP contribution in [0.5, 0.6) is 0 Å². The summed E-state index contributed by atoms with van der Waals surface area (Å²) in [5.74, 6) is 0.0393. The van der Waals surface area contributed by atoms with Crippen molar-refractivity contribution in [3.05, 3.63) is 12.2 Å². The van der Waals surface area contributed by atoms with Crippen molar-refractivity contribution in [1.82, 2.24) is 0 Å². The van der Waals surface area contributed by atoms with Gasteiger partial charge in [0, 0.05) is 0 Å². The molecule has 0 amide bonds. The van der Waals surface area contributed by atoms with Crippen LogP contribution in [0.2, 0.25) is 0 Å². The number of aliphatic hydroxyl groups excluding tert-OH is 1. The van der Waals surface area contributed by atoms with E-state index in [-0.39, 0.29) is 29.7 Å². The molecule has 0 aromatic rings. The summed E-state index contributed by atoms with van der Waals surface area (Å²) in [6, 6.07) is 0. The van der Waals surface area contributed by atoms with Crippen LogP contribution < -0.4 is 0 Å². The summed E-state index contributed by atoms with van der Waals surface area (Å²) in [5.41, 5.74) is -6.76. The number of rotatable bonds is 8. The Balaban J connectivity index is 2.35. The van der Waals surface area contributed by atoms with E-state index in [0.717, 1.165) is 31.8 Å². The Bertz CT molecular complexity index is 682. The molecular weight excluding hydrogens is 450 g/mol. The zero-order valence-electron chi connectivity index (χ0n) is 19.9. The Hall–Kier alpha value is -0.800. The van der Waals surface area contributed by atoms with Gasteiger partial charge in [-0.15, -0.1) is 0 Å². The largest absolute Gasteiger partial charge is 0.429 e. The second-order valence-electron chi connectivity index (χ2n) is 11.4. The molecule has 9 heteroatoms. The second kappa shape index (κ2) is 9.34. The molecule has 2 fully saturated rings. The highest BCUT2D eigenvalue weighted by atomic mass is 19.4. The van der Waals surface area contributed by atoms with Gasteiger partial charge in [0.1, 0.15) is 0 Å². The highest BCUT2D eigenvalue weighted by molar-refractivity contribution is 5.13. The molecule has 0 radical (unpaired) electrons. The molecule has 0 bridgehead atoms. The highest BCUT2D eigenvalue weighted by Crippen LogP contribution is 2.62. The van der Waals surface area contributed by atoms with E-state index in [2.05, 4.69) is 6.92 Å². The molecule has 2 rings (SSSR count). The molecule has 33 heavy (non-hydrogen) atoms. The van der Waals surface area contributed by atoms with E-state index in [0.29, 0.717) is 25.7 Å². The van der Waals surface area contributed by atoms with E-state index in [1.54, 1.807) is 13.8 Å². The first-order chi connectivity index (χ1) is 14.8. The molecule has 0 aromatic carbocycles. The summed E-state index contributed by atoms with van der Waals surface area (Å²) in [6.07, 6.45) is -6.29. The molecule has 0 aromatic heterocycles. The Morgan fingerprint density at radius 2 is 1.48 bits per heavy atom. The molecule has 0 saturated heterocycles. The van der Waals surface area contributed by atoms with Gasteiger partial charge in [-0.1, -0.05) is 32.8 Å². The van der Waals surface area contributed by atoms with E-state index in [1.165, 1.54) is 0 Å². The van der Waals surface area contributed by atoms with Gasteiger partial charge in [-0.25, -0.2) is 0 Å². The summed E-state index contributed by atoms with van der Waals surface area (Å²) in [7, 11) is 0. The maximum atomic E-state index is 13.1. The fraction of sp³-hybridized carbons (Fsp3) is 0.917. The van der Waals surface area contributed by atoms with E-state index in [4.69, 9.17) is 0 Å². The Kier molecular flexibility index (Phi) is 8.05. The topological polar surface area (TPSA) is 60.7 Å². The standard InChI is InChI=1S/C24H38F6O3/c1-19(2,32)11-6-12-20(3,13-7-15-22(33,23(25,26)27)24(28,29)30)18-10-9-16-17(31)8-5-14-21(16,18)4/h7,15-18,31-33H,5-6,8-14H2,1-4H3/b15-7+/t16?,17-,18+,20-,21-/m0/s1. The van der Waals surface area contributed by atoms with Gasteiger partial charge in [0.25, 0.3) is 5.60 Å². The molecular formula is C24H38F6O3. The Labute approximate surface area is 192 Å². The number of aliphatic hydroxyl groups is 3. The van der Waals surface area contributed by atoms with Crippen LogP contribution in [-0.4, -0.2) is 45.0 Å². The minimum Gasteiger partial charge on any atom is -0.393 e. The molecule has 3 N–H and O–H groups in total. The van der Waals surface area contributed by atoms with Crippen LogP contribution in [0.4, 0.5) is 26.3 Å². The average Bonchev–Trinajstić information content (AvgIpc) is 2.97. The minimum absolute atomic E-state index is 0.0127. The fourth-order valence-corrected chi connectivity index (χ4v) is 6.49. The third kappa shape index (κ3) is 5.89. The fourth-order valence-electron chi connectivity index (χ4n) is 6.49. The van der Waals surface area contributed by atoms with E-state index in [1.807, 2.05) is 6.92 Å². The average molecular weight is 489 g/mol. The van der Waals surface area contributed by atoms with Gasteiger partial charge < -0.3 is 15.3 Å². The zero-order chi connectivity index (χ0) is 25.5. The quantitative estimate of drug-likeness (QED) is 0.277. The van der Waals surface area contributed by atoms with Crippen LogP contribution in [0.1, 0.15) is 85.5 Å². The minimum atomic E-state index is -5.89. The van der Waals surface area contributed by atoms with Gasteiger partial charge in [0.2, 0.25) is 0 Å². The lowest BCUT2D eigenvalue weighted by atomic mass is 9.56. The van der Waals surface area contributed by atoms with Gasteiger partial charge in [-0.3, -0.25) is 0 Å². The van der Waals surface area contributed by atoms with Crippen LogP contribution in [0.15, 0.2) is 12.2 Å². The molecule has 0 spiro atoms. The van der Waals surface area contributed by atoms with E-state index >= 15 is 0 Å². The number of hydrogen-bond acceptors (Lipinski definition) is 3. The van der Waals surface area contributed by atoms with Gasteiger partial charge in [-0.05, 0) is 87.5 Å². The van der Waals surface area contributed by atoms with Crippen molar-refractivity contribution >= 4 is 0 Å². The number of halogens is 6. The van der Waals surface area contributed by atoms with Crippen LogP contribution in [0.25, 0.3) is 0 Å². The molecule has 2 aliphatic carbocycles. The van der Waals surface area contributed by atoms with Crippen molar-refractivity contribution in [3.63, 3.8) is 0 Å². The van der Waals surface area contributed by atoms with Crippen molar-refractivity contribution in [3.8, 4) is 0 Å². The van der Waals surface area contributed by atoms with Crippen molar-refractivity contribution in [2.24, 2.45) is 22.7 Å². The summed E-state index contributed by atoms with van der Waals surface area (Å²) in [6.45, 7) is 7.27. The van der Waals surface area contributed by atoms with Crippen molar-refractivity contribution in [1.29, 1.82) is 0 Å². The first-order valence-electron chi connectivity index (χ1n) is 11.7. The van der Waals surface area contributed by atoms with E-state index in [9.17, 15) is 41.7 Å². The molecule has 2 saturated carbocycles. The molecule has 0 aliphatic heterocycles. The van der Waals surface area contributed by atoms with Crippen LogP contribution in [0.3, 0.4) is 0 Å². The third-order valence-corrected chi connectivity index (χ3v) is 8.27. The Morgan fingerprint density at radius 1 is 0.909 bits per heavy atom. The van der Waals surface area contributed by atoms with Gasteiger partial charge in [0.05, 0.1) is 11.7 Å². The van der Waals surface area contributed by atoms with Crippen LogP contribution in [-0.2, 0) is 0 Å². The van der Waals surface area contributed by atoms with Crippen LogP contribution in [0, 0.1) is 22.7 Å². The molecule has 1 unspecified atom stereocenters. The van der Waals surface area contributed by atoms with Crippen molar-refractivity contribution < 1.29 is 41.7 Å². The van der Waals surface area contributed by atoms with Crippen molar-refractivity contribution in [2.75, 3.05) is 0 Å². The lowest BCUT2D eigenvalue weighted by Crippen LogP contribution is -2.55. The number of allylic oxidation sites excluding steroid dienone is 1. The van der Waals surface area contributed by atoms with Crippen molar-refractivity contribution in [2.45, 2.75) is 115 Å². The molecule has 0 heterocycles. The van der Waals surface area contributed by atoms with Gasteiger partial charge in [0.15, 0.2) is 0 Å². The van der Waals surface area contributed by atoms with Gasteiger partial charge >= 0.3 is 12.4 Å².